The summed E-state index contributed by atoms with van der Waals surface area (Å²) in [5, 5.41) is 8.64. The zero-order valence-corrected chi connectivity index (χ0v) is 30.3. The van der Waals surface area contributed by atoms with E-state index in [1.807, 2.05) is 20.8 Å². The van der Waals surface area contributed by atoms with Crippen LogP contribution in [0.2, 0.25) is 0 Å². The zero-order valence-electron chi connectivity index (χ0n) is 30.3. The largest absolute Gasteiger partial charge is 0.508 e. The molecule has 0 aromatic rings. The fourth-order valence-electron chi connectivity index (χ4n) is 7.17. The van der Waals surface area contributed by atoms with Crippen LogP contribution in [0.4, 0.5) is 9.59 Å². The monoisotopic (exact) mass is 689 g/mol. The van der Waals surface area contributed by atoms with Gasteiger partial charge in [0.15, 0.2) is 0 Å². The highest BCUT2D eigenvalue weighted by Gasteiger charge is 2.48. The quantitative estimate of drug-likeness (QED) is 0.157. The molecule has 1 heterocycles. The summed E-state index contributed by atoms with van der Waals surface area (Å²) in [4.78, 5) is 80.3. The van der Waals surface area contributed by atoms with Gasteiger partial charge in [0, 0.05) is 6.54 Å². The number of carbonyl (C=O) groups excluding carboxylic acids is 6. The molecule has 2 unspecified atom stereocenters. The minimum absolute atomic E-state index is 0.0383. The summed E-state index contributed by atoms with van der Waals surface area (Å²) in [6, 6.07) is -3.99. The third kappa shape index (κ3) is 10.8. The van der Waals surface area contributed by atoms with Crippen LogP contribution in [0.15, 0.2) is 0 Å². The molecule has 5 amide bonds. The summed E-state index contributed by atoms with van der Waals surface area (Å²) in [6.07, 6.45) is 8.68. The molecule has 3 aliphatic carbocycles. The van der Waals surface area contributed by atoms with Crippen LogP contribution in [-0.4, -0.2) is 84.5 Å². The molecule has 4 fully saturated rings. The highest BCUT2D eigenvalue weighted by molar-refractivity contribution is 6.37. The number of primary amides is 1. The predicted octanol–water partition coefficient (Wildman–Crippen LogP) is 3.81. The lowest BCUT2D eigenvalue weighted by atomic mass is 9.79. The first-order chi connectivity index (χ1) is 22.9. The van der Waals surface area contributed by atoms with Crippen LogP contribution < -0.4 is 21.7 Å². The summed E-state index contributed by atoms with van der Waals surface area (Å²) < 4.78 is 10.6. The van der Waals surface area contributed by atoms with Crippen molar-refractivity contribution in [1.82, 2.24) is 20.9 Å². The number of nitrogens with two attached hydrogens (primary N) is 1. The van der Waals surface area contributed by atoms with E-state index in [0.29, 0.717) is 25.4 Å². The van der Waals surface area contributed by atoms with E-state index in [1.165, 1.54) is 4.90 Å². The number of Topliss-reactive ketones (excluding diaryl/α,β-unsaturated/α-hetero) is 1. The number of hydrogen-bond acceptors (Lipinski definition) is 8. The van der Waals surface area contributed by atoms with Crippen molar-refractivity contribution in [2.45, 2.75) is 136 Å². The Morgan fingerprint density at radius 1 is 0.816 bits per heavy atom. The molecule has 3 saturated carbocycles. The van der Waals surface area contributed by atoms with Gasteiger partial charge in [0.25, 0.3) is 5.91 Å². The average Bonchev–Trinajstić information content (AvgIpc) is 3.44. The van der Waals surface area contributed by atoms with Crippen molar-refractivity contribution in [2.24, 2.45) is 40.2 Å². The van der Waals surface area contributed by atoms with E-state index in [-0.39, 0.29) is 36.3 Å². The molecule has 0 aromatic heterocycles. The molecule has 276 valence electrons. The SMILES string of the molecule is CC(C)(C)[C@@H]1CC(C(=O)NC(CC2CCC2)C(=O)C(N)=O)N(C(=O)[C@@H](NC(=O)N[C@H](COC(=O)OCC2CC2)C2CCCC2)C(C)(C)C)C1. The van der Waals surface area contributed by atoms with E-state index in [2.05, 4.69) is 36.7 Å². The van der Waals surface area contributed by atoms with E-state index >= 15 is 0 Å². The topological polar surface area (TPSA) is 186 Å². The van der Waals surface area contributed by atoms with Gasteiger partial charge in [-0.3, -0.25) is 19.2 Å². The third-order valence-corrected chi connectivity index (χ3v) is 11.0. The lowest BCUT2D eigenvalue weighted by Gasteiger charge is -2.36. The Morgan fingerprint density at radius 3 is 2.00 bits per heavy atom. The van der Waals surface area contributed by atoms with Crippen molar-refractivity contribution < 1.29 is 38.2 Å². The molecule has 0 bridgehead atoms. The average molecular weight is 690 g/mol. The Morgan fingerprint density at radius 2 is 1.47 bits per heavy atom. The molecule has 5 N–H and O–H groups in total. The lowest BCUT2D eigenvalue weighted by Crippen LogP contribution is -2.61. The van der Waals surface area contributed by atoms with Gasteiger partial charge in [-0.15, -0.1) is 0 Å². The fraction of sp³-hybridized carbons (Fsp3) is 0.833. The molecule has 5 atom stereocenters. The number of carbonyl (C=O) groups is 6. The van der Waals surface area contributed by atoms with Crippen LogP contribution in [-0.2, 0) is 28.7 Å². The number of likely N-dealkylation sites (tertiary alicyclic amines) is 1. The van der Waals surface area contributed by atoms with Gasteiger partial charge < -0.3 is 36.1 Å². The van der Waals surface area contributed by atoms with E-state index < -0.39 is 65.3 Å². The van der Waals surface area contributed by atoms with Crippen LogP contribution in [0.1, 0.15) is 112 Å². The summed E-state index contributed by atoms with van der Waals surface area (Å²) in [6.45, 7) is 12.3. The minimum Gasteiger partial charge on any atom is -0.434 e. The van der Waals surface area contributed by atoms with Crippen molar-refractivity contribution >= 4 is 35.7 Å². The van der Waals surface area contributed by atoms with Crippen molar-refractivity contribution in [3.05, 3.63) is 0 Å². The molecule has 13 heteroatoms. The number of ether oxygens (including phenoxy) is 2. The summed E-state index contributed by atoms with van der Waals surface area (Å²) in [5.74, 6) is -2.17. The van der Waals surface area contributed by atoms with E-state index in [0.717, 1.165) is 57.8 Å². The summed E-state index contributed by atoms with van der Waals surface area (Å²) in [5.41, 5.74) is 4.37. The van der Waals surface area contributed by atoms with Gasteiger partial charge in [0.1, 0.15) is 18.7 Å². The molecule has 4 rings (SSSR count). The van der Waals surface area contributed by atoms with Gasteiger partial charge in [-0.2, -0.15) is 0 Å². The molecule has 0 radical (unpaired) electrons. The second-order valence-electron chi connectivity index (χ2n) is 17.0. The molecular formula is C36H59N5O8. The number of urea groups is 1. The number of rotatable bonds is 14. The maximum absolute atomic E-state index is 14.4. The van der Waals surface area contributed by atoms with E-state index in [1.54, 1.807) is 0 Å². The molecule has 1 aliphatic heterocycles. The molecular weight excluding hydrogens is 630 g/mol. The number of hydrogen-bond donors (Lipinski definition) is 4. The first-order valence-electron chi connectivity index (χ1n) is 18.2. The van der Waals surface area contributed by atoms with Crippen LogP contribution in [0.3, 0.4) is 0 Å². The van der Waals surface area contributed by atoms with Crippen molar-refractivity contribution in [1.29, 1.82) is 0 Å². The van der Waals surface area contributed by atoms with E-state index in [9.17, 15) is 28.8 Å². The Hall–Kier alpha value is -3.38. The van der Waals surface area contributed by atoms with Gasteiger partial charge in [0.05, 0.1) is 18.7 Å². The Bertz CT molecular complexity index is 1230. The first kappa shape index (κ1) is 38.4. The van der Waals surface area contributed by atoms with Crippen LogP contribution >= 0.6 is 0 Å². The second kappa shape index (κ2) is 16.1. The molecule has 4 aliphatic rings. The normalized spacial score (nSPS) is 23.5. The van der Waals surface area contributed by atoms with Gasteiger partial charge in [-0.25, -0.2) is 9.59 Å². The molecule has 1 saturated heterocycles. The first-order valence-corrected chi connectivity index (χ1v) is 18.2. The number of nitrogens with zero attached hydrogens (tertiary/aromatic N) is 1. The number of ketones is 1. The summed E-state index contributed by atoms with van der Waals surface area (Å²) >= 11 is 0. The van der Waals surface area contributed by atoms with Crippen LogP contribution in [0.5, 0.6) is 0 Å². The van der Waals surface area contributed by atoms with Crippen molar-refractivity contribution in [2.75, 3.05) is 19.8 Å². The lowest BCUT2D eigenvalue weighted by molar-refractivity contribution is -0.143. The Kier molecular flexibility index (Phi) is 12.6. The smallest absolute Gasteiger partial charge is 0.434 e. The number of amides is 5. The van der Waals surface area contributed by atoms with E-state index in [4.69, 9.17) is 15.2 Å². The van der Waals surface area contributed by atoms with Gasteiger partial charge >= 0.3 is 12.2 Å². The van der Waals surface area contributed by atoms with Gasteiger partial charge in [-0.1, -0.05) is 73.6 Å². The molecule has 49 heavy (non-hydrogen) atoms. The Balaban J connectivity index is 1.48. The van der Waals surface area contributed by atoms with Crippen molar-refractivity contribution in [3.8, 4) is 0 Å². The third-order valence-electron chi connectivity index (χ3n) is 11.0. The second-order valence-corrected chi connectivity index (χ2v) is 17.0. The maximum atomic E-state index is 14.4. The minimum atomic E-state index is -1.10. The fourth-order valence-corrected chi connectivity index (χ4v) is 7.17. The molecule has 0 spiro atoms. The summed E-state index contributed by atoms with van der Waals surface area (Å²) in [7, 11) is 0. The zero-order chi connectivity index (χ0) is 36.1. The maximum Gasteiger partial charge on any atom is 0.508 e. The number of nitrogens with one attached hydrogen (secondary N) is 3. The Labute approximate surface area is 290 Å². The predicted molar refractivity (Wildman–Crippen MR) is 182 cm³/mol. The van der Waals surface area contributed by atoms with Gasteiger partial charge in [0.2, 0.25) is 17.6 Å². The molecule has 13 nitrogen and oxygen atoms in total. The highest BCUT2D eigenvalue weighted by atomic mass is 16.7. The van der Waals surface area contributed by atoms with Crippen LogP contribution in [0, 0.1) is 34.5 Å². The van der Waals surface area contributed by atoms with Crippen LogP contribution in [0.25, 0.3) is 0 Å². The van der Waals surface area contributed by atoms with Crippen molar-refractivity contribution in [3.63, 3.8) is 0 Å². The molecule has 0 aromatic carbocycles. The standard InChI is InChI=1S/C36H59N5O8/c1-35(2,3)24-17-27(31(44)38-25(28(42)30(37)43)16-21-10-9-11-21)41(18-24)32(45)29(36(4,5)6)40-33(46)39-26(23-12-7-8-13-23)20-49-34(47)48-19-22-14-15-22/h21-27,29H,7-20H2,1-6H3,(H2,37,43)(H,38,44)(H2,39,40,46)/t24-,25?,26-,27?,29-/m1/s1. The highest BCUT2D eigenvalue weighted by Crippen LogP contribution is 2.39. The van der Waals surface area contributed by atoms with Gasteiger partial charge in [-0.05, 0) is 73.0 Å².